The molecular weight excluding hydrogens is 485 g/mol. The van der Waals surface area contributed by atoms with Gasteiger partial charge in [-0.15, -0.1) is 0 Å². The maximum atomic E-state index is 13.0. The smallest absolute Gasteiger partial charge is 0.422 e. The highest BCUT2D eigenvalue weighted by atomic mass is 19.4. The van der Waals surface area contributed by atoms with Gasteiger partial charge >= 0.3 is 6.18 Å². The van der Waals surface area contributed by atoms with Crippen LogP contribution in [0.1, 0.15) is 0 Å². The summed E-state index contributed by atoms with van der Waals surface area (Å²) < 4.78 is 46.1. The summed E-state index contributed by atoms with van der Waals surface area (Å²) in [5, 5.41) is 2.97. The van der Waals surface area contributed by atoms with E-state index in [0.717, 1.165) is 17.6 Å². The van der Waals surface area contributed by atoms with Gasteiger partial charge in [0.2, 0.25) is 5.95 Å². The second kappa shape index (κ2) is 10.5. The molecule has 0 fully saturated rings. The molecule has 0 spiro atoms. The Morgan fingerprint density at radius 2 is 1.81 bits per heavy atom. The summed E-state index contributed by atoms with van der Waals surface area (Å²) in [5.74, 6) is 0.766. The number of rotatable bonds is 9. The van der Waals surface area contributed by atoms with Gasteiger partial charge in [-0.05, 0) is 38.4 Å². The molecule has 3 N–H and O–H groups in total. The molecule has 196 valence electrons. The van der Waals surface area contributed by atoms with Crippen molar-refractivity contribution >= 4 is 34.0 Å². The number of para-hydroxylation sites is 2. The van der Waals surface area contributed by atoms with E-state index in [1.54, 1.807) is 12.3 Å². The molecule has 2 heterocycles. The number of hydrogen-bond donors (Lipinski definition) is 2. The molecule has 0 radical (unpaired) electrons. The van der Waals surface area contributed by atoms with Crippen molar-refractivity contribution in [1.82, 2.24) is 24.4 Å². The predicted molar refractivity (Wildman–Crippen MR) is 139 cm³/mol. The maximum absolute atomic E-state index is 13.0. The van der Waals surface area contributed by atoms with Gasteiger partial charge in [0.15, 0.2) is 12.4 Å². The maximum Gasteiger partial charge on any atom is 0.422 e. The molecule has 4 rings (SSSR count). The molecule has 0 saturated heterocycles. The molecule has 2 aromatic carbocycles. The number of nitrogen functional groups attached to an aromatic ring is 1. The number of aromatic nitrogens is 4. The number of imidazole rings is 1. The van der Waals surface area contributed by atoms with Crippen LogP contribution in [0.2, 0.25) is 0 Å². The third-order valence-corrected chi connectivity index (χ3v) is 5.73. The number of nitrogens with two attached hydrogens (primary N) is 1. The molecule has 0 amide bonds. The zero-order valence-corrected chi connectivity index (χ0v) is 21.0. The average Bonchev–Trinajstić information content (AvgIpc) is 3.18. The molecule has 12 heteroatoms. The van der Waals surface area contributed by atoms with E-state index in [2.05, 4.69) is 20.3 Å². The molecule has 0 unspecified atom stereocenters. The van der Waals surface area contributed by atoms with Gasteiger partial charge in [-0.25, -0.2) is 15.0 Å². The fourth-order valence-electron chi connectivity index (χ4n) is 3.80. The Morgan fingerprint density at radius 1 is 1.05 bits per heavy atom. The van der Waals surface area contributed by atoms with E-state index in [1.165, 1.54) is 12.1 Å². The molecule has 0 atom stereocenters. The third-order valence-electron chi connectivity index (χ3n) is 5.73. The highest BCUT2D eigenvalue weighted by Gasteiger charge is 2.29. The van der Waals surface area contributed by atoms with Crippen molar-refractivity contribution in [3.05, 3.63) is 48.7 Å². The van der Waals surface area contributed by atoms with Gasteiger partial charge < -0.3 is 30.2 Å². The quantitative estimate of drug-likeness (QED) is 0.319. The number of hydrogen-bond acceptors (Lipinski definition) is 8. The van der Waals surface area contributed by atoms with Crippen molar-refractivity contribution in [2.45, 2.75) is 6.18 Å². The van der Waals surface area contributed by atoms with Crippen LogP contribution in [-0.2, 0) is 7.05 Å². The van der Waals surface area contributed by atoms with Crippen molar-refractivity contribution in [2.24, 2.45) is 7.05 Å². The number of likely N-dealkylation sites (N-methyl/N-ethyl adjacent to an activating group) is 2. The number of nitrogens with zero attached hydrogens (tertiary/aromatic N) is 6. The van der Waals surface area contributed by atoms with E-state index in [1.807, 2.05) is 66.8 Å². The van der Waals surface area contributed by atoms with Crippen LogP contribution in [0.5, 0.6) is 5.75 Å². The van der Waals surface area contributed by atoms with Gasteiger partial charge in [-0.3, -0.25) is 0 Å². The first kappa shape index (κ1) is 26.0. The van der Waals surface area contributed by atoms with E-state index in [9.17, 15) is 13.2 Å². The van der Waals surface area contributed by atoms with E-state index in [4.69, 9.17) is 10.5 Å². The first-order valence-electron chi connectivity index (χ1n) is 11.5. The second-order valence-corrected chi connectivity index (χ2v) is 8.91. The molecule has 0 bridgehead atoms. The Kier molecular flexibility index (Phi) is 7.39. The average molecular weight is 515 g/mol. The lowest BCUT2D eigenvalue weighted by atomic mass is 10.2. The normalized spacial score (nSPS) is 11.8. The lowest BCUT2D eigenvalue weighted by Crippen LogP contribution is -2.29. The fraction of sp³-hybridized carbons (Fsp3) is 0.320. The number of alkyl halides is 3. The van der Waals surface area contributed by atoms with Gasteiger partial charge in [0.05, 0.1) is 28.1 Å². The molecule has 2 aromatic heterocycles. The summed E-state index contributed by atoms with van der Waals surface area (Å²) in [6.45, 7) is -0.101. The van der Waals surface area contributed by atoms with Gasteiger partial charge in [0.1, 0.15) is 11.4 Å². The Morgan fingerprint density at radius 3 is 2.51 bits per heavy atom. The number of ether oxygens (including phenoxy) is 1. The van der Waals surface area contributed by atoms with Crippen LogP contribution in [0, 0.1) is 0 Å². The molecule has 0 saturated carbocycles. The van der Waals surface area contributed by atoms with Crippen LogP contribution in [0.15, 0.2) is 48.7 Å². The van der Waals surface area contributed by atoms with Crippen LogP contribution >= 0.6 is 0 Å². The zero-order valence-electron chi connectivity index (χ0n) is 21.0. The molecular formula is C25H29F3N8O. The molecule has 9 nitrogen and oxygen atoms in total. The summed E-state index contributed by atoms with van der Waals surface area (Å²) in [5.41, 5.74) is 9.73. The lowest BCUT2D eigenvalue weighted by molar-refractivity contribution is -0.153. The number of benzene rings is 2. The van der Waals surface area contributed by atoms with Crippen LogP contribution < -0.4 is 20.7 Å². The number of nitrogens with one attached hydrogen (secondary N) is 1. The summed E-state index contributed by atoms with van der Waals surface area (Å²) in [6.07, 6.45) is -2.96. The SMILES string of the molecule is CN(C)CCN(C)c1cc(OCC(F)(F)F)c(Nc2nccc(-c3nc4ccccc4n3C)n2)cc1N. The minimum atomic E-state index is -4.51. The summed E-state index contributed by atoms with van der Waals surface area (Å²) >= 11 is 0. The monoisotopic (exact) mass is 514 g/mol. The molecule has 0 aliphatic rings. The largest absolute Gasteiger partial charge is 0.482 e. The Labute approximate surface area is 212 Å². The van der Waals surface area contributed by atoms with Gasteiger partial charge in [0.25, 0.3) is 0 Å². The highest BCUT2D eigenvalue weighted by molar-refractivity contribution is 5.81. The second-order valence-electron chi connectivity index (χ2n) is 8.91. The standard InChI is InChI=1S/C25H29F3N8O/c1-34(2)11-12-35(3)21-14-22(37-15-25(26,27)28)19(13-16(21)29)33-24-30-10-9-18(32-24)23-31-17-7-5-6-8-20(17)36(23)4/h5-10,13-14H,11-12,15,29H2,1-4H3,(H,30,32,33). The molecule has 0 aliphatic carbocycles. The summed E-state index contributed by atoms with van der Waals surface area (Å²) in [4.78, 5) is 17.3. The van der Waals surface area contributed by atoms with Crippen LogP contribution in [0.3, 0.4) is 0 Å². The molecule has 37 heavy (non-hydrogen) atoms. The van der Waals surface area contributed by atoms with Gasteiger partial charge in [-0.2, -0.15) is 13.2 Å². The molecule has 0 aliphatic heterocycles. The topological polar surface area (TPSA) is 97.4 Å². The minimum absolute atomic E-state index is 0.0186. The van der Waals surface area contributed by atoms with E-state index in [-0.39, 0.29) is 17.4 Å². The Bertz CT molecular complexity index is 1390. The lowest BCUT2D eigenvalue weighted by Gasteiger charge is -2.25. The summed E-state index contributed by atoms with van der Waals surface area (Å²) in [7, 11) is 7.57. The summed E-state index contributed by atoms with van der Waals surface area (Å²) in [6, 6.07) is 12.4. The van der Waals surface area contributed by atoms with E-state index in [0.29, 0.717) is 29.4 Å². The number of aryl methyl sites for hydroxylation is 1. The Balaban J connectivity index is 1.67. The first-order chi connectivity index (χ1) is 17.5. The minimum Gasteiger partial charge on any atom is -0.482 e. The number of anilines is 4. The number of fused-ring (bicyclic) bond motifs is 1. The van der Waals surface area contributed by atoms with Crippen molar-refractivity contribution in [3.63, 3.8) is 0 Å². The fourth-order valence-corrected chi connectivity index (χ4v) is 3.80. The van der Waals surface area contributed by atoms with Crippen LogP contribution in [-0.4, -0.2) is 71.4 Å². The van der Waals surface area contributed by atoms with Gasteiger partial charge in [0, 0.05) is 39.4 Å². The highest BCUT2D eigenvalue weighted by Crippen LogP contribution is 2.37. The first-order valence-corrected chi connectivity index (χ1v) is 11.5. The van der Waals surface area contributed by atoms with Crippen LogP contribution in [0.25, 0.3) is 22.6 Å². The molecule has 4 aromatic rings. The van der Waals surface area contributed by atoms with Crippen molar-refractivity contribution in [3.8, 4) is 17.3 Å². The van der Waals surface area contributed by atoms with Crippen molar-refractivity contribution in [2.75, 3.05) is 56.8 Å². The van der Waals surface area contributed by atoms with Crippen LogP contribution in [0.4, 0.5) is 36.2 Å². The van der Waals surface area contributed by atoms with Crippen molar-refractivity contribution < 1.29 is 17.9 Å². The van der Waals surface area contributed by atoms with Gasteiger partial charge in [-0.1, -0.05) is 12.1 Å². The van der Waals surface area contributed by atoms with E-state index >= 15 is 0 Å². The predicted octanol–water partition coefficient (Wildman–Crippen LogP) is 4.30. The van der Waals surface area contributed by atoms with Crippen molar-refractivity contribution in [1.29, 1.82) is 0 Å². The zero-order chi connectivity index (χ0) is 26.7. The third kappa shape index (κ3) is 6.20. The number of halogens is 3. The van der Waals surface area contributed by atoms with E-state index < -0.39 is 12.8 Å². The Hall–Kier alpha value is -4.06.